The Kier molecular flexibility index (Phi) is 7.16. The third-order valence-electron chi connectivity index (χ3n) is 5.42. The van der Waals surface area contributed by atoms with Crippen molar-refractivity contribution >= 4 is 21.6 Å². The molecule has 0 bridgehead atoms. The highest BCUT2D eigenvalue weighted by Gasteiger charge is 2.20. The predicted octanol–water partition coefficient (Wildman–Crippen LogP) is 4.03. The van der Waals surface area contributed by atoms with Crippen LogP contribution in [0.3, 0.4) is 0 Å². The van der Waals surface area contributed by atoms with E-state index >= 15 is 0 Å². The van der Waals surface area contributed by atoms with E-state index in [4.69, 9.17) is 14.2 Å². The maximum absolute atomic E-state index is 12.9. The average Bonchev–Trinajstić information content (AvgIpc) is 2.82. The van der Waals surface area contributed by atoms with Gasteiger partial charge in [-0.2, -0.15) is 0 Å². The minimum Gasteiger partial charge on any atom is -0.492 e. The maximum atomic E-state index is 12.9. The van der Waals surface area contributed by atoms with Gasteiger partial charge in [-0.05, 0) is 67.4 Å². The molecule has 3 aromatic carbocycles. The summed E-state index contributed by atoms with van der Waals surface area (Å²) in [6.07, 6.45) is 0. The Morgan fingerprint density at radius 1 is 0.971 bits per heavy atom. The number of hydrogen-bond acceptors (Lipinski definition) is 6. The molecule has 0 aliphatic carbocycles. The zero-order chi connectivity index (χ0) is 25.0. The first-order valence-corrected chi connectivity index (χ1v) is 12.7. The van der Waals surface area contributed by atoms with Crippen molar-refractivity contribution in [1.29, 1.82) is 0 Å². The largest absolute Gasteiger partial charge is 0.492 e. The number of benzene rings is 3. The molecule has 1 N–H and O–H groups in total. The molecule has 8 nitrogen and oxygen atoms in total. The Balaban J connectivity index is 1.40. The number of fused-ring (bicyclic) bond motifs is 1. The van der Waals surface area contributed by atoms with Crippen molar-refractivity contribution in [3.63, 3.8) is 0 Å². The fourth-order valence-corrected chi connectivity index (χ4v) is 4.82. The lowest BCUT2D eigenvalue weighted by Gasteiger charge is -2.19. The van der Waals surface area contributed by atoms with Crippen LogP contribution in [0.25, 0.3) is 0 Å². The third kappa shape index (κ3) is 6.05. The van der Waals surface area contributed by atoms with Crippen LogP contribution in [0.1, 0.15) is 21.5 Å². The highest BCUT2D eigenvalue weighted by molar-refractivity contribution is 7.92. The van der Waals surface area contributed by atoms with Gasteiger partial charge in [-0.3, -0.25) is 9.52 Å². The van der Waals surface area contributed by atoms with Crippen LogP contribution in [0.15, 0.2) is 65.6 Å². The zero-order valence-corrected chi connectivity index (χ0v) is 20.7. The van der Waals surface area contributed by atoms with Crippen LogP contribution >= 0.6 is 0 Å². The lowest BCUT2D eigenvalue weighted by atomic mass is 10.1. The molecule has 0 unspecified atom stereocenters. The first-order chi connectivity index (χ1) is 16.7. The Hall–Kier alpha value is -3.72. The first kappa shape index (κ1) is 24.4. The molecule has 1 heterocycles. The van der Waals surface area contributed by atoms with Gasteiger partial charge in [0.25, 0.3) is 15.9 Å². The smallest absolute Gasteiger partial charge is 0.262 e. The lowest BCUT2D eigenvalue weighted by Crippen LogP contribution is -2.31. The molecule has 9 heteroatoms. The van der Waals surface area contributed by atoms with Gasteiger partial charge in [0.15, 0.2) is 11.5 Å². The summed E-state index contributed by atoms with van der Waals surface area (Å²) in [6.45, 7) is 5.50. The Labute approximate surface area is 205 Å². The SMILES string of the molecule is Cc1cc(C)cc(OCCN(C)C(=O)c2cccc(NS(=O)(=O)c3ccc4c(c3)OCCO4)c2)c1. The minimum atomic E-state index is -3.89. The van der Waals surface area contributed by atoms with E-state index in [9.17, 15) is 13.2 Å². The van der Waals surface area contributed by atoms with E-state index in [1.807, 2.05) is 26.0 Å². The number of nitrogens with zero attached hydrogens (tertiary/aromatic N) is 1. The van der Waals surface area contributed by atoms with Crippen LogP contribution in [0, 0.1) is 13.8 Å². The monoisotopic (exact) mass is 496 g/mol. The van der Waals surface area contributed by atoms with Crippen LogP contribution < -0.4 is 18.9 Å². The third-order valence-corrected chi connectivity index (χ3v) is 6.80. The summed E-state index contributed by atoms with van der Waals surface area (Å²) in [5.41, 5.74) is 2.87. The standard InChI is InChI=1S/C26H28N2O6S/c1-18-13-19(2)15-22(14-18)32-10-9-28(3)26(29)20-5-4-6-21(16-20)27-35(30,31)23-7-8-24-25(17-23)34-12-11-33-24/h4-8,13-17,27H,9-12H2,1-3H3. The van der Waals surface area contributed by atoms with Crippen LogP contribution in [0.5, 0.6) is 17.2 Å². The second-order valence-electron chi connectivity index (χ2n) is 8.39. The van der Waals surface area contributed by atoms with Gasteiger partial charge in [-0.1, -0.05) is 12.1 Å². The quantitative estimate of drug-likeness (QED) is 0.506. The van der Waals surface area contributed by atoms with E-state index in [2.05, 4.69) is 10.8 Å². The molecule has 35 heavy (non-hydrogen) atoms. The molecule has 0 atom stereocenters. The van der Waals surface area contributed by atoms with E-state index in [1.165, 1.54) is 23.1 Å². The lowest BCUT2D eigenvalue weighted by molar-refractivity contribution is 0.0773. The number of hydrogen-bond donors (Lipinski definition) is 1. The number of carbonyl (C=O) groups excluding carboxylic acids is 1. The second kappa shape index (κ2) is 10.3. The van der Waals surface area contributed by atoms with Crippen molar-refractivity contribution in [1.82, 2.24) is 4.90 Å². The summed E-state index contributed by atoms with van der Waals surface area (Å²) < 4.78 is 45.1. The van der Waals surface area contributed by atoms with Crippen LogP contribution in [-0.4, -0.2) is 52.6 Å². The molecule has 0 spiro atoms. The van der Waals surface area contributed by atoms with Gasteiger partial charge in [-0.25, -0.2) is 8.42 Å². The number of ether oxygens (including phenoxy) is 3. The number of amides is 1. The zero-order valence-electron chi connectivity index (χ0n) is 19.9. The highest BCUT2D eigenvalue weighted by Crippen LogP contribution is 2.32. The molecule has 0 saturated heterocycles. The summed E-state index contributed by atoms with van der Waals surface area (Å²) in [4.78, 5) is 14.5. The molecule has 1 aliphatic rings. The van der Waals surface area contributed by atoms with E-state index in [0.717, 1.165) is 16.9 Å². The number of aryl methyl sites for hydroxylation is 2. The van der Waals surface area contributed by atoms with Crippen LogP contribution in [0.2, 0.25) is 0 Å². The molecule has 0 saturated carbocycles. The van der Waals surface area contributed by atoms with E-state index in [-0.39, 0.29) is 16.5 Å². The van der Waals surface area contributed by atoms with Crippen LogP contribution in [0.4, 0.5) is 5.69 Å². The molecule has 1 aliphatic heterocycles. The molecule has 1 amide bonds. The van der Waals surface area contributed by atoms with E-state index < -0.39 is 10.0 Å². The molecule has 184 valence electrons. The Morgan fingerprint density at radius 3 is 2.43 bits per heavy atom. The first-order valence-electron chi connectivity index (χ1n) is 11.2. The summed E-state index contributed by atoms with van der Waals surface area (Å²) in [5.74, 6) is 1.41. The van der Waals surface area contributed by atoms with Gasteiger partial charge in [-0.15, -0.1) is 0 Å². The van der Waals surface area contributed by atoms with Gasteiger partial charge in [0.05, 0.1) is 11.4 Å². The predicted molar refractivity (Wildman–Crippen MR) is 133 cm³/mol. The fraction of sp³-hybridized carbons (Fsp3) is 0.269. The van der Waals surface area contributed by atoms with Crippen molar-refractivity contribution in [2.45, 2.75) is 18.7 Å². The molecule has 0 fully saturated rings. The van der Waals surface area contributed by atoms with Gasteiger partial charge in [0.2, 0.25) is 0 Å². The normalized spacial score (nSPS) is 12.7. The maximum Gasteiger partial charge on any atom is 0.262 e. The number of likely N-dealkylation sites (N-methyl/N-ethyl adjacent to an activating group) is 1. The van der Waals surface area contributed by atoms with Crippen molar-refractivity contribution in [3.05, 3.63) is 77.4 Å². The Bertz CT molecular complexity index is 1320. The summed E-state index contributed by atoms with van der Waals surface area (Å²) >= 11 is 0. The minimum absolute atomic E-state index is 0.0409. The number of anilines is 1. The van der Waals surface area contributed by atoms with Crippen molar-refractivity contribution in [2.75, 3.05) is 38.1 Å². The number of nitrogens with one attached hydrogen (secondary N) is 1. The summed E-state index contributed by atoms with van der Waals surface area (Å²) in [7, 11) is -2.21. The summed E-state index contributed by atoms with van der Waals surface area (Å²) in [6, 6.07) is 16.8. The van der Waals surface area contributed by atoms with Gasteiger partial charge < -0.3 is 19.1 Å². The number of carbonyl (C=O) groups is 1. The number of rotatable bonds is 8. The van der Waals surface area contributed by atoms with Crippen molar-refractivity contribution in [2.24, 2.45) is 0 Å². The number of sulfonamides is 1. The van der Waals surface area contributed by atoms with Gasteiger partial charge in [0.1, 0.15) is 25.6 Å². The van der Waals surface area contributed by atoms with Crippen molar-refractivity contribution in [3.8, 4) is 17.2 Å². The molecule has 4 rings (SSSR count). The molecule has 3 aromatic rings. The Morgan fingerprint density at radius 2 is 1.69 bits per heavy atom. The second-order valence-corrected chi connectivity index (χ2v) is 10.1. The average molecular weight is 497 g/mol. The molecular formula is C26H28N2O6S. The van der Waals surface area contributed by atoms with Gasteiger partial charge in [0, 0.05) is 24.4 Å². The molecule has 0 radical (unpaired) electrons. The van der Waals surface area contributed by atoms with Crippen LogP contribution in [-0.2, 0) is 10.0 Å². The summed E-state index contributed by atoms with van der Waals surface area (Å²) in [5, 5.41) is 0. The van der Waals surface area contributed by atoms with E-state index in [1.54, 1.807) is 31.3 Å². The van der Waals surface area contributed by atoms with Crippen molar-refractivity contribution < 1.29 is 27.4 Å². The molecule has 0 aromatic heterocycles. The topological polar surface area (TPSA) is 94.2 Å². The fourth-order valence-electron chi connectivity index (χ4n) is 3.76. The molecular weight excluding hydrogens is 468 g/mol. The highest BCUT2D eigenvalue weighted by atomic mass is 32.2. The van der Waals surface area contributed by atoms with Gasteiger partial charge >= 0.3 is 0 Å². The van der Waals surface area contributed by atoms with E-state index in [0.29, 0.717) is 43.4 Å².